The SMILES string of the molecule is Cc1nc(Cn2ccc3oc(=O)cc(C)c3c2=O)cs1. The minimum absolute atomic E-state index is 0.172. The fourth-order valence-electron chi connectivity index (χ4n) is 2.17. The molecule has 3 aromatic rings. The Kier molecular flexibility index (Phi) is 3.02. The molecule has 0 N–H and O–H groups in total. The molecule has 6 heteroatoms. The summed E-state index contributed by atoms with van der Waals surface area (Å²) in [4.78, 5) is 28.1. The normalized spacial score (nSPS) is 11.1. The molecule has 0 aliphatic rings. The van der Waals surface area contributed by atoms with Gasteiger partial charge in [0.05, 0.1) is 22.6 Å². The first-order chi connectivity index (χ1) is 9.54. The van der Waals surface area contributed by atoms with Crippen LogP contribution in [0.15, 0.2) is 37.7 Å². The van der Waals surface area contributed by atoms with Crippen LogP contribution in [0.1, 0.15) is 16.3 Å². The van der Waals surface area contributed by atoms with E-state index in [1.165, 1.54) is 6.07 Å². The lowest BCUT2D eigenvalue weighted by atomic mass is 10.2. The van der Waals surface area contributed by atoms with E-state index in [2.05, 4.69) is 4.98 Å². The predicted molar refractivity (Wildman–Crippen MR) is 77.4 cm³/mol. The molecule has 0 fully saturated rings. The smallest absolute Gasteiger partial charge is 0.336 e. The van der Waals surface area contributed by atoms with Crippen LogP contribution in [0.3, 0.4) is 0 Å². The fourth-order valence-corrected chi connectivity index (χ4v) is 2.78. The Morgan fingerprint density at radius 2 is 2.15 bits per heavy atom. The topological polar surface area (TPSA) is 65.1 Å². The third-order valence-electron chi connectivity index (χ3n) is 3.07. The van der Waals surface area contributed by atoms with Crippen molar-refractivity contribution < 1.29 is 4.42 Å². The third-order valence-corrected chi connectivity index (χ3v) is 3.89. The molecule has 0 amide bonds. The molecule has 3 rings (SSSR count). The molecule has 0 atom stereocenters. The van der Waals surface area contributed by atoms with Crippen molar-refractivity contribution in [2.24, 2.45) is 0 Å². The lowest BCUT2D eigenvalue weighted by Gasteiger charge is -2.06. The zero-order valence-corrected chi connectivity index (χ0v) is 11.9. The van der Waals surface area contributed by atoms with Gasteiger partial charge in [0.1, 0.15) is 5.58 Å². The molecule has 5 nitrogen and oxygen atoms in total. The second-order valence-corrected chi connectivity index (χ2v) is 5.66. The van der Waals surface area contributed by atoms with Crippen molar-refractivity contribution in [3.8, 4) is 0 Å². The maximum atomic E-state index is 12.4. The van der Waals surface area contributed by atoms with Gasteiger partial charge in [-0.15, -0.1) is 11.3 Å². The zero-order valence-electron chi connectivity index (χ0n) is 11.0. The molecular weight excluding hydrogens is 276 g/mol. The summed E-state index contributed by atoms with van der Waals surface area (Å²) in [5, 5.41) is 3.35. The Labute approximate surface area is 118 Å². The van der Waals surface area contributed by atoms with Crippen molar-refractivity contribution in [2.75, 3.05) is 0 Å². The first-order valence-electron chi connectivity index (χ1n) is 6.09. The summed E-state index contributed by atoms with van der Waals surface area (Å²) in [5.41, 5.74) is 1.19. The van der Waals surface area contributed by atoms with Crippen molar-refractivity contribution in [1.82, 2.24) is 9.55 Å². The molecule has 102 valence electrons. The van der Waals surface area contributed by atoms with Crippen LogP contribution in [-0.2, 0) is 6.54 Å². The molecule has 0 saturated carbocycles. The molecule has 3 heterocycles. The molecule has 0 aliphatic carbocycles. The average Bonchev–Trinajstić information content (AvgIpc) is 2.77. The molecule has 0 radical (unpaired) electrons. The number of nitrogens with zero attached hydrogens (tertiary/aromatic N) is 2. The predicted octanol–water partition coefficient (Wildman–Crippen LogP) is 2.08. The van der Waals surface area contributed by atoms with Gasteiger partial charge in [0.25, 0.3) is 5.56 Å². The van der Waals surface area contributed by atoms with Crippen molar-refractivity contribution in [2.45, 2.75) is 20.4 Å². The van der Waals surface area contributed by atoms with E-state index in [0.717, 1.165) is 10.7 Å². The Morgan fingerprint density at radius 3 is 2.85 bits per heavy atom. The second kappa shape index (κ2) is 4.72. The minimum Gasteiger partial charge on any atom is -0.422 e. The summed E-state index contributed by atoms with van der Waals surface area (Å²) >= 11 is 1.55. The minimum atomic E-state index is -0.442. The zero-order chi connectivity index (χ0) is 14.3. The van der Waals surface area contributed by atoms with Crippen LogP contribution in [0, 0.1) is 13.8 Å². The molecule has 0 aromatic carbocycles. The highest BCUT2D eigenvalue weighted by Gasteiger charge is 2.10. The van der Waals surface area contributed by atoms with Crippen LogP contribution in [0.5, 0.6) is 0 Å². The van der Waals surface area contributed by atoms with Crippen LogP contribution >= 0.6 is 11.3 Å². The average molecular weight is 288 g/mol. The van der Waals surface area contributed by atoms with Crippen molar-refractivity contribution in [3.63, 3.8) is 0 Å². The van der Waals surface area contributed by atoms with E-state index in [1.54, 1.807) is 35.1 Å². The molecule has 3 aromatic heterocycles. The molecule has 0 unspecified atom stereocenters. The molecular formula is C14H12N2O3S. The summed E-state index contributed by atoms with van der Waals surface area (Å²) in [6.45, 7) is 4.08. The summed E-state index contributed by atoms with van der Waals surface area (Å²) in [6, 6.07) is 2.98. The van der Waals surface area contributed by atoms with E-state index >= 15 is 0 Å². The van der Waals surface area contributed by atoms with E-state index in [0.29, 0.717) is 23.1 Å². The van der Waals surface area contributed by atoms with Gasteiger partial charge in [0, 0.05) is 17.6 Å². The van der Waals surface area contributed by atoms with E-state index in [4.69, 9.17) is 4.42 Å². The van der Waals surface area contributed by atoms with Gasteiger partial charge in [-0.1, -0.05) is 0 Å². The summed E-state index contributed by atoms with van der Waals surface area (Å²) in [5.74, 6) is 0. The lowest BCUT2D eigenvalue weighted by Crippen LogP contribution is -2.21. The standard InChI is InChI=1S/C14H12N2O3S/c1-8-5-12(17)19-11-3-4-16(14(18)13(8)11)6-10-7-20-9(2)15-10/h3-5,7H,6H2,1-2H3. The van der Waals surface area contributed by atoms with Gasteiger partial charge in [0.15, 0.2) is 0 Å². The summed E-state index contributed by atoms with van der Waals surface area (Å²) in [6.07, 6.45) is 1.63. The van der Waals surface area contributed by atoms with Gasteiger partial charge in [-0.3, -0.25) is 4.79 Å². The van der Waals surface area contributed by atoms with E-state index in [-0.39, 0.29) is 5.56 Å². The number of aryl methyl sites for hydroxylation is 2. The molecule has 0 saturated heterocycles. The lowest BCUT2D eigenvalue weighted by molar-refractivity contribution is 0.557. The number of hydrogen-bond donors (Lipinski definition) is 0. The molecule has 20 heavy (non-hydrogen) atoms. The highest BCUT2D eigenvalue weighted by Crippen LogP contribution is 2.13. The monoisotopic (exact) mass is 288 g/mol. The van der Waals surface area contributed by atoms with Crippen molar-refractivity contribution >= 4 is 22.3 Å². The largest absolute Gasteiger partial charge is 0.422 e. The maximum Gasteiger partial charge on any atom is 0.336 e. The van der Waals surface area contributed by atoms with Crippen LogP contribution in [0.2, 0.25) is 0 Å². The summed E-state index contributed by atoms with van der Waals surface area (Å²) in [7, 11) is 0. The molecule has 0 aliphatic heterocycles. The Balaban J connectivity index is 2.16. The van der Waals surface area contributed by atoms with Gasteiger partial charge in [0.2, 0.25) is 0 Å². The van der Waals surface area contributed by atoms with Gasteiger partial charge >= 0.3 is 5.63 Å². The van der Waals surface area contributed by atoms with Crippen LogP contribution in [0.25, 0.3) is 11.0 Å². The number of fused-ring (bicyclic) bond motifs is 1. The molecule has 0 spiro atoms. The highest BCUT2D eigenvalue weighted by atomic mass is 32.1. The Hall–Kier alpha value is -2.21. The first kappa shape index (κ1) is 12.8. The quantitative estimate of drug-likeness (QED) is 0.724. The van der Waals surface area contributed by atoms with Crippen LogP contribution in [0.4, 0.5) is 0 Å². The summed E-state index contributed by atoms with van der Waals surface area (Å²) < 4.78 is 6.62. The van der Waals surface area contributed by atoms with Crippen LogP contribution in [-0.4, -0.2) is 9.55 Å². The number of rotatable bonds is 2. The van der Waals surface area contributed by atoms with Crippen molar-refractivity contribution in [1.29, 1.82) is 0 Å². The second-order valence-electron chi connectivity index (χ2n) is 4.59. The van der Waals surface area contributed by atoms with Gasteiger partial charge in [-0.2, -0.15) is 0 Å². The van der Waals surface area contributed by atoms with Crippen LogP contribution < -0.4 is 11.2 Å². The molecule has 0 bridgehead atoms. The number of thiazole rings is 1. The first-order valence-corrected chi connectivity index (χ1v) is 6.97. The van der Waals surface area contributed by atoms with Crippen molar-refractivity contribution in [3.05, 3.63) is 60.7 Å². The maximum absolute atomic E-state index is 12.4. The van der Waals surface area contributed by atoms with E-state index in [1.807, 2.05) is 12.3 Å². The number of aromatic nitrogens is 2. The van der Waals surface area contributed by atoms with Gasteiger partial charge in [-0.05, 0) is 25.5 Å². The number of hydrogen-bond acceptors (Lipinski definition) is 5. The van der Waals surface area contributed by atoms with Gasteiger partial charge in [-0.25, -0.2) is 9.78 Å². The number of pyridine rings is 1. The third kappa shape index (κ3) is 2.18. The Morgan fingerprint density at radius 1 is 1.35 bits per heavy atom. The fraction of sp³-hybridized carbons (Fsp3) is 0.214. The van der Waals surface area contributed by atoms with Gasteiger partial charge < -0.3 is 8.98 Å². The van der Waals surface area contributed by atoms with E-state index < -0.39 is 5.63 Å². The van der Waals surface area contributed by atoms with E-state index in [9.17, 15) is 9.59 Å². The highest BCUT2D eigenvalue weighted by molar-refractivity contribution is 7.09. The Bertz CT molecular complexity index is 905.